The van der Waals surface area contributed by atoms with Crippen LogP contribution in [0.5, 0.6) is 0 Å². The molecule has 3 aliphatic rings. The van der Waals surface area contributed by atoms with Crippen molar-refractivity contribution in [1.29, 1.82) is 0 Å². The van der Waals surface area contributed by atoms with Crippen LogP contribution >= 0.6 is 0 Å². The quantitative estimate of drug-likeness (QED) is 0.557. The number of carbonyl (C=O) groups is 1. The van der Waals surface area contributed by atoms with Crippen LogP contribution in [0.1, 0.15) is 32.1 Å². The van der Waals surface area contributed by atoms with Crippen LogP contribution in [0, 0.1) is 35.2 Å². The van der Waals surface area contributed by atoms with Crippen LogP contribution in [-0.2, 0) is 4.79 Å². The van der Waals surface area contributed by atoms with Crippen molar-refractivity contribution in [2.45, 2.75) is 38.1 Å². The van der Waals surface area contributed by atoms with Gasteiger partial charge < -0.3 is 15.4 Å². The average Bonchev–Trinajstić information content (AvgIpc) is 2.89. The molecule has 6 rings (SSSR count). The molecule has 2 bridgehead atoms. The van der Waals surface area contributed by atoms with Gasteiger partial charge in [0.15, 0.2) is 17.5 Å². The highest BCUT2D eigenvalue weighted by Crippen LogP contribution is 2.44. The lowest BCUT2D eigenvalue weighted by atomic mass is 9.71. The average molecular weight is 430 g/mol. The second-order valence-electron chi connectivity index (χ2n) is 8.46. The van der Waals surface area contributed by atoms with Crippen molar-refractivity contribution in [3.63, 3.8) is 0 Å². The summed E-state index contributed by atoms with van der Waals surface area (Å²) in [4.78, 5) is 22.9. The maximum atomic E-state index is 14.7. The molecule has 3 aliphatic carbocycles. The van der Waals surface area contributed by atoms with Gasteiger partial charge in [0, 0.05) is 29.3 Å². The number of aromatic amines is 1. The van der Waals surface area contributed by atoms with Crippen molar-refractivity contribution < 1.29 is 23.1 Å². The molecular formula is C22H21F3N4O2. The predicted molar refractivity (Wildman–Crippen MR) is 108 cm³/mol. The van der Waals surface area contributed by atoms with Crippen LogP contribution in [-0.4, -0.2) is 32.1 Å². The van der Waals surface area contributed by atoms with Crippen LogP contribution in [0.4, 0.5) is 19.0 Å². The smallest absolute Gasteiger partial charge is 0.308 e. The zero-order valence-corrected chi connectivity index (χ0v) is 16.5. The Balaban J connectivity index is 1.56. The first-order chi connectivity index (χ1) is 14.9. The number of rotatable bonds is 4. The molecule has 3 N–H and O–H groups in total. The Labute approximate surface area is 175 Å². The standard InChI is InChI=1S/C22H21F3N4O2/c23-12-6-13-14(9-27-20(13)26-8-12)19-15(24)7-16(25)21(29-19)28-18-11-3-1-2-10(4-5-11)17(18)22(30)31/h6-11,17-18H,1-5H2,(H,26,27)(H,28,29)(H,30,31)/t10-,11-,17+,18+/m0/s1. The highest BCUT2D eigenvalue weighted by Gasteiger charge is 2.45. The number of aliphatic carboxylic acids is 1. The summed E-state index contributed by atoms with van der Waals surface area (Å²) < 4.78 is 43.0. The Morgan fingerprint density at radius 1 is 1.10 bits per heavy atom. The minimum atomic E-state index is -0.907. The molecule has 3 saturated carbocycles. The fourth-order valence-corrected chi connectivity index (χ4v) is 5.31. The van der Waals surface area contributed by atoms with E-state index in [4.69, 9.17) is 0 Å². The molecule has 3 aromatic heterocycles. The summed E-state index contributed by atoms with van der Waals surface area (Å²) in [6.45, 7) is 0. The minimum absolute atomic E-state index is 0.0272. The van der Waals surface area contributed by atoms with E-state index >= 15 is 0 Å². The molecule has 162 valence electrons. The molecule has 31 heavy (non-hydrogen) atoms. The van der Waals surface area contributed by atoms with Gasteiger partial charge in [-0.25, -0.2) is 23.1 Å². The van der Waals surface area contributed by atoms with Gasteiger partial charge in [0.2, 0.25) is 0 Å². The molecule has 9 heteroatoms. The number of halogens is 3. The van der Waals surface area contributed by atoms with Gasteiger partial charge in [0.1, 0.15) is 17.2 Å². The van der Waals surface area contributed by atoms with Crippen LogP contribution < -0.4 is 5.32 Å². The number of fused-ring (bicyclic) bond motifs is 5. The van der Waals surface area contributed by atoms with E-state index in [1.807, 2.05) is 0 Å². The lowest BCUT2D eigenvalue weighted by Gasteiger charge is -2.39. The van der Waals surface area contributed by atoms with Crippen molar-refractivity contribution in [2.24, 2.45) is 17.8 Å². The summed E-state index contributed by atoms with van der Waals surface area (Å²) in [5.74, 6) is -4.02. The Morgan fingerprint density at radius 2 is 1.87 bits per heavy atom. The molecule has 0 amide bonds. The largest absolute Gasteiger partial charge is 0.481 e. The van der Waals surface area contributed by atoms with E-state index in [-0.39, 0.29) is 28.9 Å². The number of hydrogen-bond donors (Lipinski definition) is 3. The summed E-state index contributed by atoms with van der Waals surface area (Å²) in [6, 6.07) is 1.44. The third-order valence-electron chi connectivity index (χ3n) is 6.73. The second-order valence-corrected chi connectivity index (χ2v) is 8.46. The van der Waals surface area contributed by atoms with Gasteiger partial charge in [-0.15, -0.1) is 0 Å². The van der Waals surface area contributed by atoms with E-state index < -0.39 is 35.4 Å². The normalized spacial score (nSPS) is 25.5. The highest BCUT2D eigenvalue weighted by atomic mass is 19.1. The molecule has 0 saturated heterocycles. The fourth-order valence-electron chi connectivity index (χ4n) is 5.31. The number of nitrogens with zero attached hydrogens (tertiary/aromatic N) is 2. The van der Waals surface area contributed by atoms with Crippen molar-refractivity contribution in [3.8, 4) is 11.3 Å². The molecule has 0 radical (unpaired) electrons. The Morgan fingerprint density at radius 3 is 2.68 bits per heavy atom. The zero-order chi connectivity index (χ0) is 21.7. The summed E-state index contributed by atoms with van der Waals surface area (Å²) in [5.41, 5.74) is 0.441. The summed E-state index contributed by atoms with van der Waals surface area (Å²) in [5, 5.41) is 13.2. The third-order valence-corrected chi connectivity index (χ3v) is 6.73. The first-order valence-corrected chi connectivity index (χ1v) is 10.4. The first kappa shape index (κ1) is 19.8. The zero-order valence-electron chi connectivity index (χ0n) is 16.5. The summed E-state index contributed by atoms with van der Waals surface area (Å²) in [6.07, 6.45) is 6.84. The van der Waals surface area contributed by atoms with Gasteiger partial charge in [0.25, 0.3) is 0 Å². The second kappa shape index (κ2) is 7.55. The molecule has 0 aliphatic heterocycles. The maximum absolute atomic E-state index is 14.7. The fraction of sp³-hybridized carbons (Fsp3) is 0.409. The third kappa shape index (κ3) is 3.41. The number of carboxylic acids is 1. The lowest BCUT2D eigenvalue weighted by Crippen LogP contribution is -2.46. The van der Waals surface area contributed by atoms with Gasteiger partial charge in [0.05, 0.1) is 12.1 Å². The van der Waals surface area contributed by atoms with Gasteiger partial charge in [-0.2, -0.15) is 0 Å². The van der Waals surface area contributed by atoms with Gasteiger partial charge in [-0.3, -0.25) is 4.79 Å². The van der Waals surface area contributed by atoms with Crippen LogP contribution in [0.3, 0.4) is 0 Å². The SMILES string of the molecule is O=C(O)[C@@H]1[C@H]2CCC[C@@H](CC2)[C@H]1Nc1nc(-c2c[nH]c3ncc(F)cc23)c(F)cc1F. The molecule has 3 heterocycles. The van der Waals surface area contributed by atoms with Crippen molar-refractivity contribution >= 4 is 22.8 Å². The number of pyridine rings is 2. The number of hydrogen-bond acceptors (Lipinski definition) is 4. The van der Waals surface area contributed by atoms with E-state index in [0.29, 0.717) is 11.0 Å². The van der Waals surface area contributed by atoms with Crippen LogP contribution in [0.2, 0.25) is 0 Å². The van der Waals surface area contributed by atoms with Gasteiger partial charge in [-0.1, -0.05) is 6.42 Å². The Kier molecular flexibility index (Phi) is 4.83. The highest BCUT2D eigenvalue weighted by molar-refractivity contribution is 5.92. The van der Waals surface area contributed by atoms with E-state index in [2.05, 4.69) is 20.3 Å². The molecule has 4 atom stereocenters. The Hall–Kier alpha value is -3.10. The molecule has 0 spiro atoms. The molecule has 3 aromatic rings. The number of aromatic nitrogens is 3. The summed E-state index contributed by atoms with van der Waals surface area (Å²) in [7, 11) is 0. The number of carboxylic acid groups (broad SMARTS) is 1. The molecule has 0 unspecified atom stereocenters. The molecule has 3 fully saturated rings. The lowest BCUT2D eigenvalue weighted by molar-refractivity contribution is -0.145. The maximum Gasteiger partial charge on any atom is 0.308 e. The monoisotopic (exact) mass is 430 g/mol. The van der Waals surface area contributed by atoms with Crippen LogP contribution in [0.15, 0.2) is 24.5 Å². The van der Waals surface area contributed by atoms with Crippen molar-refractivity contribution in [3.05, 3.63) is 42.0 Å². The Bertz CT molecular complexity index is 1160. The summed E-state index contributed by atoms with van der Waals surface area (Å²) >= 11 is 0. The number of anilines is 1. The molecule has 0 aromatic carbocycles. The topological polar surface area (TPSA) is 90.9 Å². The number of H-pyrrole nitrogens is 1. The van der Waals surface area contributed by atoms with Gasteiger partial charge in [-0.05, 0) is 43.6 Å². The molecular weight excluding hydrogens is 409 g/mol. The van der Waals surface area contributed by atoms with E-state index in [9.17, 15) is 23.1 Å². The predicted octanol–water partition coefficient (Wildman–Crippen LogP) is 4.73. The number of nitrogens with one attached hydrogen (secondary N) is 2. The van der Waals surface area contributed by atoms with E-state index in [1.165, 1.54) is 12.3 Å². The van der Waals surface area contributed by atoms with Crippen LogP contribution in [0.25, 0.3) is 22.3 Å². The first-order valence-electron chi connectivity index (χ1n) is 10.4. The van der Waals surface area contributed by atoms with Crippen molar-refractivity contribution in [1.82, 2.24) is 15.0 Å². The van der Waals surface area contributed by atoms with Gasteiger partial charge >= 0.3 is 5.97 Å². The minimum Gasteiger partial charge on any atom is -0.481 e. The van der Waals surface area contributed by atoms with E-state index in [1.54, 1.807) is 0 Å². The van der Waals surface area contributed by atoms with E-state index in [0.717, 1.165) is 44.4 Å². The van der Waals surface area contributed by atoms with Crippen molar-refractivity contribution in [2.75, 3.05) is 5.32 Å². The molecule has 6 nitrogen and oxygen atoms in total.